The second-order valence-corrected chi connectivity index (χ2v) is 4.12. The summed E-state index contributed by atoms with van der Waals surface area (Å²) >= 11 is 6.12. The van der Waals surface area contributed by atoms with E-state index in [9.17, 15) is 5.11 Å². The lowest BCUT2D eigenvalue weighted by molar-refractivity contribution is 0.299. The van der Waals surface area contributed by atoms with Gasteiger partial charge in [0.15, 0.2) is 0 Å². The Morgan fingerprint density at radius 3 is 2.88 bits per heavy atom. The summed E-state index contributed by atoms with van der Waals surface area (Å²) in [6, 6.07) is 6.95. The maximum atomic E-state index is 9.35. The predicted molar refractivity (Wildman–Crippen MR) is 65.2 cm³/mol. The van der Waals surface area contributed by atoms with Gasteiger partial charge in [-0.2, -0.15) is 5.10 Å². The third kappa shape index (κ3) is 2.78. The van der Waals surface area contributed by atoms with Gasteiger partial charge in [-0.15, -0.1) is 0 Å². The molecule has 0 aliphatic heterocycles. The second kappa shape index (κ2) is 5.21. The molecule has 4 nitrogen and oxygen atoms in total. The van der Waals surface area contributed by atoms with Crippen molar-refractivity contribution >= 4 is 11.6 Å². The minimum absolute atomic E-state index is 0.0531. The van der Waals surface area contributed by atoms with Crippen molar-refractivity contribution in [2.75, 3.05) is 6.61 Å². The molecule has 0 aliphatic rings. The summed E-state index contributed by atoms with van der Waals surface area (Å²) in [5, 5.41) is 22.9. The molecule has 0 bridgehead atoms. The maximum Gasteiger partial charge on any atom is 0.130 e. The fraction of sp³-hybridized carbons (Fsp3) is 0.250. The van der Waals surface area contributed by atoms with Crippen LogP contribution in [-0.2, 0) is 13.0 Å². The van der Waals surface area contributed by atoms with E-state index in [2.05, 4.69) is 5.10 Å². The van der Waals surface area contributed by atoms with E-state index in [4.69, 9.17) is 16.7 Å². The molecule has 2 aromatic rings. The van der Waals surface area contributed by atoms with Crippen molar-refractivity contribution in [3.05, 3.63) is 46.7 Å². The van der Waals surface area contributed by atoms with Gasteiger partial charge in [0.1, 0.15) is 10.9 Å². The maximum absolute atomic E-state index is 9.35. The quantitative estimate of drug-likeness (QED) is 0.873. The van der Waals surface area contributed by atoms with Crippen LogP contribution in [-0.4, -0.2) is 26.6 Å². The van der Waals surface area contributed by atoms with E-state index < -0.39 is 0 Å². The highest BCUT2D eigenvalue weighted by molar-refractivity contribution is 6.30. The summed E-state index contributed by atoms with van der Waals surface area (Å²) in [6.07, 6.45) is 2.15. The lowest BCUT2D eigenvalue weighted by Crippen LogP contribution is -2.02. The monoisotopic (exact) mass is 252 g/mol. The molecule has 0 saturated carbocycles. The third-order valence-electron chi connectivity index (χ3n) is 2.47. The number of aromatic hydroxyl groups is 1. The van der Waals surface area contributed by atoms with E-state index in [1.165, 1.54) is 0 Å². The molecular formula is C12H13ClN2O2. The van der Waals surface area contributed by atoms with Crippen LogP contribution in [0.1, 0.15) is 11.1 Å². The number of phenols is 1. The average molecular weight is 253 g/mol. The molecule has 0 amide bonds. The number of hydrogen-bond acceptors (Lipinski definition) is 3. The van der Waals surface area contributed by atoms with Crippen molar-refractivity contribution in [1.82, 2.24) is 9.78 Å². The Bertz CT molecular complexity index is 511. The molecule has 2 rings (SSSR count). The van der Waals surface area contributed by atoms with Crippen molar-refractivity contribution in [3.63, 3.8) is 0 Å². The number of hydrogen-bond donors (Lipinski definition) is 2. The van der Waals surface area contributed by atoms with Crippen molar-refractivity contribution in [2.24, 2.45) is 0 Å². The summed E-state index contributed by atoms with van der Waals surface area (Å²) < 4.78 is 1.64. The van der Waals surface area contributed by atoms with Crippen LogP contribution in [0.25, 0.3) is 0 Å². The number of nitrogens with zero attached hydrogens (tertiary/aromatic N) is 2. The summed E-state index contributed by atoms with van der Waals surface area (Å²) in [6.45, 7) is 0.552. The van der Waals surface area contributed by atoms with Crippen LogP contribution in [0.5, 0.6) is 5.75 Å². The van der Waals surface area contributed by atoms with Crippen LogP contribution in [0.15, 0.2) is 30.5 Å². The number of phenolic OH excluding ortho intramolecular Hbond substituents is 1. The van der Waals surface area contributed by atoms with Gasteiger partial charge in [-0.25, -0.2) is 4.68 Å². The standard InChI is InChI=1S/C12H13ClN2O2/c13-12-10(4-5-16)7-14-15(12)8-9-2-1-3-11(17)6-9/h1-3,6-7,16-17H,4-5,8H2. The van der Waals surface area contributed by atoms with Crippen molar-refractivity contribution in [1.29, 1.82) is 0 Å². The van der Waals surface area contributed by atoms with Crippen LogP contribution in [0.2, 0.25) is 5.15 Å². The Hall–Kier alpha value is -1.52. The molecule has 1 aromatic heterocycles. The Balaban J connectivity index is 2.19. The first kappa shape index (κ1) is 12.0. The molecule has 1 aromatic carbocycles. The first-order valence-corrected chi connectivity index (χ1v) is 5.67. The van der Waals surface area contributed by atoms with Gasteiger partial charge in [0.25, 0.3) is 0 Å². The molecule has 1 heterocycles. The molecule has 0 spiro atoms. The fourth-order valence-corrected chi connectivity index (χ4v) is 1.88. The van der Waals surface area contributed by atoms with E-state index in [0.717, 1.165) is 11.1 Å². The lowest BCUT2D eigenvalue weighted by Gasteiger charge is -2.04. The van der Waals surface area contributed by atoms with Gasteiger partial charge in [0.2, 0.25) is 0 Å². The van der Waals surface area contributed by atoms with E-state index in [0.29, 0.717) is 18.1 Å². The zero-order chi connectivity index (χ0) is 12.3. The number of rotatable bonds is 4. The first-order chi connectivity index (χ1) is 8.20. The lowest BCUT2D eigenvalue weighted by atomic mass is 10.2. The minimum atomic E-state index is 0.0531. The number of halogens is 1. The smallest absolute Gasteiger partial charge is 0.130 e. The zero-order valence-electron chi connectivity index (χ0n) is 9.17. The van der Waals surface area contributed by atoms with E-state index in [-0.39, 0.29) is 12.4 Å². The Morgan fingerprint density at radius 1 is 1.35 bits per heavy atom. The second-order valence-electron chi connectivity index (χ2n) is 3.76. The van der Waals surface area contributed by atoms with Gasteiger partial charge in [-0.1, -0.05) is 23.7 Å². The molecule has 90 valence electrons. The van der Waals surface area contributed by atoms with Crippen LogP contribution < -0.4 is 0 Å². The minimum Gasteiger partial charge on any atom is -0.508 e. The van der Waals surface area contributed by atoms with E-state index in [1.54, 1.807) is 29.1 Å². The molecule has 0 aliphatic carbocycles. The number of aliphatic hydroxyl groups is 1. The Kier molecular flexibility index (Phi) is 3.66. The number of benzene rings is 1. The number of aromatic nitrogens is 2. The van der Waals surface area contributed by atoms with Gasteiger partial charge in [-0.05, 0) is 17.7 Å². The van der Waals surface area contributed by atoms with Crippen LogP contribution in [0, 0.1) is 0 Å². The molecule has 0 radical (unpaired) electrons. The molecule has 0 atom stereocenters. The fourth-order valence-electron chi connectivity index (χ4n) is 1.64. The van der Waals surface area contributed by atoms with Gasteiger partial charge in [-0.3, -0.25) is 0 Å². The van der Waals surface area contributed by atoms with E-state index >= 15 is 0 Å². The predicted octanol–water partition coefficient (Wildman–Crippen LogP) is 1.83. The highest BCUT2D eigenvalue weighted by atomic mass is 35.5. The van der Waals surface area contributed by atoms with Gasteiger partial charge in [0.05, 0.1) is 12.7 Å². The molecular weight excluding hydrogens is 240 g/mol. The highest BCUT2D eigenvalue weighted by Gasteiger charge is 2.08. The largest absolute Gasteiger partial charge is 0.508 e. The summed E-state index contributed by atoms with van der Waals surface area (Å²) in [5.74, 6) is 0.223. The molecule has 5 heteroatoms. The SMILES string of the molecule is OCCc1cnn(Cc2cccc(O)c2)c1Cl. The summed E-state index contributed by atoms with van der Waals surface area (Å²) in [5.41, 5.74) is 1.75. The number of aliphatic hydroxyl groups excluding tert-OH is 1. The van der Waals surface area contributed by atoms with Gasteiger partial charge in [0, 0.05) is 18.6 Å². The van der Waals surface area contributed by atoms with Gasteiger partial charge >= 0.3 is 0 Å². The summed E-state index contributed by atoms with van der Waals surface area (Å²) in [4.78, 5) is 0. The van der Waals surface area contributed by atoms with Crippen molar-refractivity contribution in [2.45, 2.75) is 13.0 Å². The van der Waals surface area contributed by atoms with Crippen molar-refractivity contribution in [3.8, 4) is 5.75 Å². The highest BCUT2D eigenvalue weighted by Crippen LogP contribution is 2.18. The summed E-state index contributed by atoms with van der Waals surface area (Å²) in [7, 11) is 0. The molecule has 0 fully saturated rings. The molecule has 0 unspecified atom stereocenters. The first-order valence-electron chi connectivity index (χ1n) is 5.29. The average Bonchev–Trinajstić information content (AvgIpc) is 2.62. The third-order valence-corrected chi connectivity index (χ3v) is 2.91. The molecule has 17 heavy (non-hydrogen) atoms. The van der Waals surface area contributed by atoms with Crippen LogP contribution >= 0.6 is 11.6 Å². The van der Waals surface area contributed by atoms with E-state index in [1.807, 2.05) is 6.07 Å². The van der Waals surface area contributed by atoms with Crippen LogP contribution in [0.3, 0.4) is 0 Å². The topological polar surface area (TPSA) is 58.3 Å². The van der Waals surface area contributed by atoms with Gasteiger partial charge < -0.3 is 10.2 Å². The van der Waals surface area contributed by atoms with Crippen LogP contribution in [0.4, 0.5) is 0 Å². The normalized spacial score (nSPS) is 10.7. The van der Waals surface area contributed by atoms with Crippen molar-refractivity contribution < 1.29 is 10.2 Å². The Labute approximate surface area is 104 Å². The Morgan fingerprint density at radius 2 is 2.18 bits per heavy atom. The molecule has 2 N–H and O–H groups in total. The zero-order valence-corrected chi connectivity index (χ0v) is 9.93. The molecule has 0 saturated heterocycles.